The maximum Gasteiger partial charge on any atom is 0.126 e. The number of benzene rings is 1. The molecule has 2 aromatic rings. The van der Waals surface area contributed by atoms with Crippen molar-refractivity contribution in [1.29, 1.82) is 0 Å². The van der Waals surface area contributed by atoms with Crippen LogP contribution in [0.15, 0.2) is 24.4 Å². The Morgan fingerprint density at radius 1 is 1.29 bits per heavy atom. The summed E-state index contributed by atoms with van der Waals surface area (Å²) in [7, 11) is 0. The first kappa shape index (κ1) is 15.6. The maximum absolute atomic E-state index is 13.5. The zero-order chi connectivity index (χ0) is 15.2. The third kappa shape index (κ3) is 3.67. The molecule has 0 radical (unpaired) electrons. The second-order valence-electron chi connectivity index (χ2n) is 5.28. The molecule has 0 amide bonds. The molecule has 5 heteroatoms. The fraction of sp³-hybridized carbons (Fsp3) is 0.500. The smallest absolute Gasteiger partial charge is 0.126 e. The van der Waals surface area contributed by atoms with Crippen molar-refractivity contribution in [3.8, 4) is 0 Å². The Labute approximate surface area is 125 Å². The van der Waals surface area contributed by atoms with Gasteiger partial charge in [0, 0.05) is 6.54 Å². The number of rotatable bonds is 7. The Bertz CT molecular complexity index is 579. The highest BCUT2D eigenvalue weighted by Crippen LogP contribution is 2.23. The van der Waals surface area contributed by atoms with Gasteiger partial charge in [0.2, 0.25) is 0 Å². The van der Waals surface area contributed by atoms with E-state index in [9.17, 15) is 4.39 Å². The Morgan fingerprint density at radius 2 is 2.10 bits per heavy atom. The van der Waals surface area contributed by atoms with Gasteiger partial charge >= 0.3 is 0 Å². The largest absolute Gasteiger partial charge is 0.305 e. The number of hydrogen-bond acceptors (Lipinski definition) is 3. The number of nitrogens with one attached hydrogen (secondary N) is 1. The average Bonchev–Trinajstić information content (AvgIpc) is 2.92. The van der Waals surface area contributed by atoms with Crippen molar-refractivity contribution in [3.05, 3.63) is 47.0 Å². The average molecular weight is 290 g/mol. The van der Waals surface area contributed by atoms with E-state index in [-0.39, 0.29) is 11.9 Å². The van der Waals surface area contributed by atoms with Crippen molar-refractivity contribution in [1.82, 2.24) is 20.3 Å². The molecule has 0 bridgehead atoms. The van der Waals surface area contributed by atoms with Gasteiger partial charge in [-0.15, -0.1) is 5.10 Å². The molecular formula is C16H23FN4. The van der Waals surface area contributed by atoms with Gasteiger partial charge in [0.25, 0.3) is 0 Å². The van der Waals surface area contributed by atoms with E-state index in [4.69, 9.17) is 0 Å². The van der Waals surface area contributed by atoms with Crippen LogP contribution in [0.2, 0.25) is 0 Å². The van der Waals surface area contributed by atoms with Gasteiger partial charge in [0.15, 0.2) is 0 Å². The molecule has 0 saturated heterocycles. The molecule has 0 aliphatic carbocycles. The van der Waals surface area contributed by atoms with Crippen LogP contribution in [0.5, 0.6) is 0 Å². The minimum atomic E-state index is -0.173. The number of halogens is 1. The van der Waals surface area contributed by atoms with Crippen molar-refractivity contribution in [2.24, 2.45) is 0 Å². The van der Waals surface area contributed by atoms with Crippen LogP contribution in [0.25, 0.3) is 0 Å². The Morgan fingerprint density at radius 3 is 2.76 bits per heavy atom. The van der Waals surface area contributed by atoms with Crippen molar-refractivity contribution in [3.63, 3.8) is 0 Å². The third-order valence-electron chi connectivity index (χ3n) is 3.49. The zero-order valence-electron chi connectivity index (χ0n) is 12.9. The van der Waals surface area contributed by atoms with Gasteiger partial charge in [-0.1, -0.05) is 31.2 Å². The monoisotopic (exact) mass is 290 g/mol. The second-order valence-corrected chi connectivity index (χ2v) is 5.28. The lowest BCUT2D eigenvalue weighted by Gasteiger charge is -2.20. The Balaban J connectivity index is 2.37. The quantitative estimate of drug-likeness (QED) is 0.851. The van der Waals surface area contributed by atoms with Gasteiger partial charge in [-0.2, -0.15) is 0 Å². The summed E-state index contributed by atoms with van der Waals surface area (Å²) >= 11 is 0. The summed E-state index contributed by atoms with van der Waals surface area (Å²) < 4.78 is 15.4. The summed E-state index contributed by atoms with van der Waals surface area (Å²) in [6.45, 7) is 7.75. The molecule has 0 aliphatic rings. The molecular weight excluding hydrogens is 267 g/mol. The van der Waals surface area contributed by atoms with E-state index in [0.29, 0.717) is 5.56 Å². The highest BCUT2D eigenvalue weighted by molar-refractivity contribution is 5.31. The van der Waals surface area contributed by atoms with Crippen molar-refractivity contribution in [2.75, 3.05) is 6.54 Å². The molecule has 0 fully saturated rings. The van der Waals surface area contributed by atoms with E-state index in [0.717, 1.165) is 37.2 Å². The first-order valence-corrected chi connectivity index (χ1v) is 7.55. The molecule has 2 rings (SSSR count). The number of aromatic nitrogens is 3. The summed E-state index contributed by atoms with van der Waals surface area (Å²) in [6, 6.07) is 5.25. The van der Waals surface area contributed by atoms with Crippen LogP contribution < -0.4 is 5.32 Å². The first-order chi connectivity index (χ1) is 10.2. The number of aryl methyl sites for hydroxylation is 2. The van der Waals surface area contributed by atoms with Crippen LogP contribution >= 0.6 is 0 Å². The molecule has 4 nitrogen and oxygen atoms in total. The Hall–Kier alpha value is -1.75. The Kier molecular flexibility index (Phi) is 5.44. The van der Waals surface area contributed by atoms with Gasteiger partial charge < -0.3 is 5.32 Å². The number of nitrogens with zero attached hydrogens (tertiary/aromatic N) is 3. The molecule has 1 N–H and O–H groups in total. The number of hydrogen-bond donors (Lipinski definition) is 1. The minimum Gasteiger partial charge on any atom is -0.305 e. The topological polar surface area (TPSA) is 42.7 Å². The van der Waals surface area contributed by atoms with Crippen LogP contribution in [-0.2, 0) is 6.54 Å². The molecule has 21 heavy (non-hydrogen) atoms. The van der Waals surface area contributed by atoms with E-state index >= 15 is 0 Å². The summed E-state index contributed by atoms with van der Waals surface area (Å²) in [5.41, 5.74) is 2.73. The molecule has 1 atom stereocenters. The van der Waals surface area contributed by atoms with Crippen molar-refractivity contribution >= 4 is 0 Å². The summed E-state index contributed by atoms with van der Waals surface area (Å²) in [4.78, 5) is 0. The molecule has 0 aliphatic heterocycles. The van der Waals surface area contributed by atoms with Gasteiger partial charge in [0.05, 0.1) is 17.9 Å². The molecule has 1 unspecified atom stereocenters. The van der Waals surface area contributed by atoms with Gasteiger partial charge in [-0.05, 0) is 43.5 Å². The van der Waals surface area contributed by atoms with Crippen molar-refractivity contribution in [2.45, 2.75) is 46.2 Å². The maximum atomic E-state index is 13.5. The van der Waals surface area contributed by atoms with Crippen LogP contribution in [-0.4, -0.2) is 21.5 Å². The van der Waals surface area contributed by atoms with Gasteiger partial charge in [-0.3, -0.25) is 0 Å². The minimum absolute atomic E-state index is 0.00852. The van der Waals surface area contributed by atoms with Crippen LogP contribution in [0.4, 0.5) is 4.39 Å². The zero-order valence-corrected chi connectivity index (χ0v) is 12.9. The molecule has 114 valence electrons. The fourth-order valence-corrected chi connectivity index (χ4v) is 2.40. The summed E-state index contributed by atoms with van der Waals surface area (Å²) in [6.07, 6.45) is 3.83. The molecule has 1 aromatic carbocycles. The first-order valence-electron chi connectivity index (χ1n) is 7.55. The molecule has 1 heterocycles. The lowest BCUT2D eigenvalue weighted by molar-refractivity contribution is 0.503. The lowest BCUT2D eigenvalue weighted by atomic mass is 10.0. The molecule has 0 spiro atoms. The van der Waals surface area contributed by atoms with E-state index in [2.05, 4.69) is 29.5 Å². The van der Waals surface area contributed by atoms with Crippen LogP contribution in [0.1, 0.15) is 49.6 Å². The highest BCUT2D eigenvalue weighted by Gasteiger charge is 2.19. The highest BCUT2D eigenvalue weighted by atomic mass is 19.1. The predicted octanol–water partition coefficient (Wildman–Crippen LogP) is 3.22. The van der Waals surface area contributed by atoms with E-state index in [1.807, 2.05) is 16.8 Å². The fourth-order valence-electron chi connectivity index (χ4n) is 2.40. The van der Waals surface area contributed by atoms with Crippen LogP contribution in [0, 0.1) is 12.7 Å². The predicted molar refractivity (Wildman–Crippen MR) is 81.6 cm³/mol. The molecule has 1 aromatic heterocycles. The summed E-state index contributed by atoms with van der Waals surface area (Å²) in [5.74, 6) is -0.173. The normalized spacial score (nSPS) is 12.6. The third-order valence-corrected chi connectivity index (χ3v) is 3.49. The van der Waals surface area contributed by atoms with Gasteiger partial charge in [-0.25, -0.2) is 9.07 Å². The van der Waals surface area contributed by atoms with E-state index < -0.39 is 0 Å². The second kappa shape index (κ2) is 7.31. The lowest BCUT2D eigenvalue weighted by Crippen LogP contribution is -2.26. The summed E-state index contributed by atoms with van der Waals surface area (Å²) in [5, 5.41) is 11.7. The standard InChI is InChI=1S/C16H23FN4/c1-4-8-18-16(13-6-7-14(17)12(3)10-13)15-11-19-20-21(15)9-5-2/h6-7,10-11,16,18H,4-5,8-9H2,1-3H3. The van der Waals surface area contributed by atoms with Gasteiger partial charge in [0.1, 0.15) is 5.82 Å². The van der Waals surface area contributed by atoms with E-state index in [1.54, 1.807) is 13.1 Å². The van der Waals surface area contributed by atoms with Crippen molar-refractivity contribution < 1.29 is 4.39 Å². The van der Waals surface area contributed by atoms with E-state index in [1.165, 1.54) is 6.07 Å². The SMILES string of the molecule is CCCNC(c1ccc(F)c(C)c1)c1cnnn1CCC. The molecule has 0 saturated carbocycles. The van der Waals surface area contributed by atoms with Crippen LogP contribution in [0.3, 0.4) is 0 Å².